The molecular formula is C47H62N12O7S. The highest BCUT2D eigenvalue weighted by atomic mass is 32.1. The molecule has 5 heterocycles. The average Bonchev–Trinajstić information content (AvgIpc) is 4.11. The lowest BCUT2D eigenvalue weighted by Gasteiger charge is -2.35. The van der Waals surface area contributed by atoms with Crippen molar-refractivity contribution < 1.29 is 33.7 Å². The standard InChI is InChI=1S/C47H62N12O7S/c1-8-58-39-34(27-51-32(18-20-47(6,7)64)37(39)55-43(58)38-42(48)57-66-56-38)65-25-11-22-49-21-9-13-35(60)50-23-19-36(61)54-41(46(3,4)5)45(63)59-24-10-12-33(59)44(62)52-26-30-14-16-31(17-15-30)40-29(2)53-28-67-40/h14-17,27-28,33,41,49,64H,8-13,19,21-26H2,1-7H3,(H2,48,57)(H,50,60)(H,52,62)(H,54,61)/t33-,41?/m0/s1. The molecule has 0 saturated carbocycles. The smallest absolute Gasteiger partial charge is 0.246 e. The normalized spacial score (nSPS) is 14.4. The third-order valence-electron chi connectivity index (χ3n) is 11.1. The first-order valence-electron chi connectivity index (χ1n) is 22.7. The number of carbonyl (C=O) groups is 4. The van der Waals surface area contributed by atoms with Crippen molar-refractivity contribution in [1.82, 2.24) is 56.0 Å². The van der Waals surface area contributed by atoms with Crippen LogP contribution < -0.4 is 31.7 Å². The van der Waals surface area contributed by atoms with Gasteiger partial charge in [-0.15, -0.1) is 11.3 Å². The van der Waals surface area contributed by atoms with Crippen molar-refractivity contribution in [3.8, 4) is 39.5 Å². The van der Waals surface area contributed by atoms with Crippen LogP contribution in [0.15, 0.2) is 40.6 Å². The Kier molecular flexibility index (Phi) is 16.7. The summed E-state index contributed by atoms with van der Waals surface area (Å²) < 4.78 is 12.9. The number of nitrogens with zero attached hydrogens (tertiary/aromatic N) is 7. The number of aliphatic hydroxyl groups is 1. The number of pyridine rings is 1. The maximum atomic E-state index is 14.0. The van der Waals surface area contributed by atoms with Gasteiger partial charge in [0.2, 0.25) is 23.6 Å². The van der Waals surface area contributed by atoms with Crippen molar-refractivity contribution >= 4 is 51.8 Å². The van der Waals surface area contributed by atoms with Gasteiger partial charge in [-0.2, -0.15) is 0 Å². The molecule has 0 bridgehead atoms. The number of nitrogens with two attached hydrogens (primary N) is 1. The highest BCUT2D eigenvalue weighted by Gasteiger charge is 2.41. The summed E-state index contributed by atoms with van der Waals surface area (Å²) in [7, 11) is 0. The number of hydrogen-bond acceptors (Lipinski definition) is 15. The molecule has 20 heteroatoms. The second-order valence-corrected chi connectivity index (χ2v) is 18.9. The molecule has 4 aromatic heterocycles. The minimum Gasteiger partial charge on any atom is -0.490 e. The lowest BCUT2D eigenvalue weighted by atomic mass is 9.85. The fourth-order valence-electron chi connectivity index (χ4n) is 7.65. The number of amides is 4. The van der Waals surface area contributed by atoms with Crippen molar-refractivity contribution in [3.63, 3.8) is 0 Å². The third kappa shape index (κ3) is 13.1. The van der Waals surface area contributed by atoms with Gasteiger partial charge < -0.3 is 46.3 Å². The lowest BCUT2D eigenvalue weighted by Crippen LogP contribution is -2.57. The zero-order valence-corrected chi connectivity index (χ0v) is 40.1. The molecule has 1 saturated heterocycles. The van der Waals surface area contributed by atoms with Gasteiger partial charge in [0.15, 0.2) is 23.1 Å². The van der Waals surface area contributed by atoms with E-state index in [-0.39, 0.29) is 54.5 Å². The van der Waals surface area contributed by atoms with Crippen LogP contribution in [0.25, 0.3) is 33.0 Å². The number of aromatic nitrogens is 6. The molecule has 1 aliphatic heterocycles. The molecule has 1 fully saturated rings. The Morgan fingerprint density at radius 2 is 1.78 bits per heavy atom. The Hall–Kier alpha value is -6.43. The number of hydrogen-bond donors (Lipinski definition) is 6. The molecule has 0 spiro atoms. The van der Waals surface area contributed by atoms with Gasteiger partial charge in [-0.1, -0.05) is 51.0 Å². The Labute approximate surface area is 394 Å². The number of rotatable bonds is 20. The highest BCUT2D eigenvalue weighted by molar-refractivity contribution is 7.13. The number of aryl methyl sites for hydroxylation is 2. The molecule has 1 aromatic carbocycles. The van der Waals surface area contributed by atoms with Gasteiger partial charge in [0.05, 0.1) is 28.9 Å². The second kappa shape index (κ2) is 22.4. The summed E-state index contributed by atoms with van der Waals surface area (Å²) in [6.07, 6.45) is 4.31. The van der Waals surface area contributed by atoms with Gasteiger partial charge in [-0.05, 0) is 99.2 Å². The Bertz CT molecular complexity index is 2580. The van der Waals surface area contributed by atoms with Gasteiger partial charge in [-0.25, -0.2) is 19.6 Å². The van der Waals surface area contributed by atoms with Crippen molar-refractivity contribution in [3.05, 3.63) is 52.9 Å². The number of benzene rings is 1. The number of likely N-dealkylation sites (tertiary alicyclic amines) is 1. The number of nitrogens with one attached hydrogen (secondary N) is 4. The molecular weight excluding hydrogens is 877 g/mol. The van der Waals surface area contributed by atoms with Crippen molar-refractivity contribution in [2.75, 3.05) is 38.5 Å². The van der Waals surface area contributed by atoms with E-state index in [2.05, 4.69) is 53.4 Å². The predicted octanol–water partition coefficient (Wildman–Crippen LogP) is 4.12. The molecule has 7 N–H and O–H groups in total. The van der Waals surface area contributed by atoms with Crippen LogP contribution >= 0.6 is 11.3 Å². The van der Waals surface area contributed by atoms with Gasteiger partial charge in [-0.3, -0.25) is 19.2 Å². The summed E-state index contributed by atoms with van der Waals surface area (Å²) in [6.45, 7) is 15.7. The van der Waals surface area contributed by atoms with E-state index in [0.717, 1.165) is 21.7 Å². The first-order chi connectivity index (χ1) is 31.9. The fourth-order valence-corrected chi connectivity index (χ4v) is 8.47. The monoisotopic (exact) mass is 938 g/mol. The molecule has 6 rings (SSSR count). The molecule has 2 atom stereocenters. The molecule has 0 aliphatic carbocycles. The number of carbonyl (C=O) groups excluding carboxylic acids is 4. The minimum absolute atomic E-state index is 0.000251. The quantitative estimate of drug-likeness (QED) is 0.0474. The first kappa shape index (κ1) is 50.0. The summed E-state index contributed by atoms with van der Waals surface area (Å²) in [6, 6.07) is 6.51. The molecule has 0 radical (unpaired) electrons. The zero-order chi connectivity index (χ0) is 48.3. The van der Waals surface area contributed by atoms with Gasteiger partial charge in [0, 0.05) is 39.0 Å². The van der Waals surface area contributed by atoms with Gasteiger partial charge >= 0.3 is 0 Å². The molecule has 67 heavy (non-hydrogen) atoms. The average molecular weight is 939 g/mol. The van der Waals surface area contributed by atoms with Crippen LogP contribution in [0.5, 0.6) is 5.75 Å². The SMILES string of the molecule is CCn1c(-c2nonc2N)nc2c(C#CC(C)(C)O)ncc(OCCCNCCCC(=O)NCCC(=O)NC(C(=O)N3CCC[C@H]3C(=O)NCc3ccc(-c4scnc4C)cc3)C(C)(C)C)c21. The molecule has 4 amide bonds. The van der Waals surface area contributed by atoms with Crippen LogP contribution in [0.4, 0.5) is 5.82 Å². The number of fused-ring (bicyclic) bond motifs is 1. The van der Waals surface area contributed by atoms with E-state index < -0.39 is 23.1 Å². The number of ether oxygens (including phenoxy) is 1. The summed E-state index contributed by atoms with van der Waals surface area (Å²) in [5, 5.41) is 29.9. The molecule has 5 aromatic rings. The van der Waals surface area contributed by atoms with E-state index in [9.17, 15) is 24.3 Å². The largest absolute Gasteiger partial charge is 0.490 e. The maximum absolute atomic E-state index is 14.0. The summed E-state index contributed by atoms with van der Waals surface area (Å²) in [4.78, 5) is 69.4. The zero-order valence-electron chi connectivity index (χ0n) is 39.3. The first-order valence-corrected chi connectivity index (χ1v) is 23.5. The number of thiazole rings is 1. The number of nitrogen functional groups attached to an aromatic ring is 1. The maximum Gasteiger partial charge on any atom is 0.246 e. The number of imidazole rings is 1. The van der Waals surface area contributed by atoms with Crippen LogP contribution in [0.1, 0.15) is 97.0 Å². The van der Waals surface area contributed by atoms with E-state index in [1.807, 2.05) is 69.0 Å². The second-order valence-electron chi connectivity index (χ2n) is 18.0. The van der Waals surface area contributed by atoms with Crippen molar-refractivity contribution in [2.24, 2.45) is 5.41 Å². The highest BCUT2D eigenvalue weighted by Crippen LogP contribution is 2.33. The Balaban J connectivity index is 0.898. The Morgan fingerprint density at radius 3 is 2.45 bits per heavy atom. The summed E-state index contributed by atoms with van der Waals surface area (Å²) in [5.74, 6) is 5.64. The third-order valence-corrected chi connectivity index (χ3v) is 12.1. The summed E-state index contributed by atoms with van der Waals surface area (Å²) >= 11 is 1.59. The van der Waals surface area contributed by atoms with Gasteiger partial charge in [0.25, 0.3) is 0 Å². The predicted molar refractivity (Wildman–Crippen MR) is 254 cm³/mol. The Morgan fingerprint density at radius 1 is 1.01 bits per heavy atom. The molecule has 1 unspecified atom stereocenters. The van der Waals surface area contributed by atoms with Crippen LogP contribution in [0, 0.1) is 24.2 Å². The van der Waals surface area contributed by atoms with E-state index in [4.69, 9.17) is 20.1 Å². The van der Waals surface area contributed by atoms with Crippen LogP contribution in [0.2, 0.25) is 0 Å². The fraction of sp³-hybridized carbons (Fsp3) is 0.511. The number of anilines is 1. The van der Waals surface area contributed by atoms with Crippen LogP contribution in [-0.2, 0) is 32.3 Å². The molecule has 19 nitrogen and oxygen atoms in total. The topological polar surface area (TPSA) is 258 Å². The van der Waals surface area contributed by atoms with Gasteiger partial charge in [0.1, 0.15) is 34.4 Å². The minimum atomic E-state index is -1.24. The van der Waals surface area contributed by atoms with Crippen LogP contribution in [-0.4, -0.2) is 114 Å². The van der Waals surface area contributed by atoms with E-state index in [1.54, 1.807) is 36.3 Å². The summed E-state index contributed by atoms with van der Waals surface area (Å²) in [5.41, 5.74) is 10.7. The molecule has 358 valence electrons. The van der Waals surface area contributed by atoms with E-state index >= 15 is 0 Å². The molecule has 1 aliphatic rings. The lowest BCUT2D eigenvalue weighted by molar-refractivity contribution is -0.143. The van der Waals surface area contributed by atoms with E-state index in [0.29, 0.717) is 93.3 Å². The van der Waals surface area contributed by atoms with E-state index in [1.165, 1.54) is 0 Å². The van der Waals surface area contributed by atoms with Crippen LogP contribution in [0.3, 0.4) is 0 Å². The van der Waals surface area contributed by atoms with Crippen molar-refractivity contribution in [1.29, 1.82) is 0 Å². The van der Waals surface area contributed by atoms with Crippen molar-refractivity contribution in [2.45, 2.75) is 118 Å².